The lowest BCUT2D eigenvalue weighted by Crippen LogP contribution is -2.32. The fourth-order valence-corrected chi connectivity index (χ4v) is 2.56. The molecule has 1 aliphatic heterocycles. The van der Waals surface area contributed by atoms with E-state index in [-0.39, 0.29) is 15.6 Å². The van der Waals surface area contributed by atoms with Crippen LogP contribution in [0, 0.1) is 0 Å². The molecule has 1 aromatic carbocycles. The summed E-state index contributed by atoms with van der Waals surface area (Å²) in [7, 11) is 0. The summed E-state index contributed by atoms with van der Waals surface area (Å²) >= 11 is 12.0. The molecule has 1 heterocycles. The average molecular weight is 360 g/mol. The highest BCUT2D eigenvalue weighted by molar-refractivity contribution is 6.42. The summed E-state index contributed by atoms with van der Waals surface area (Å²) < 4.78 is 10.2. The second kappa shape index (κ2) is 6.10. The summed E-state index contributed by atoms with van der Waals surface area (Å²) in [5.74, 6) is -2.60. The van der Waals surface area contributed by atoms with Crippen LogP contribution in [-0.4, -0.2) is 23.0 Å². The van der Waals surface area contributed by atoms with E-state index >= 15 is 0 Å². The summed E-state index contributed by atoms with van der Waals surface area (Å²) in [6.45, 7) is 2.44. The van der Waals surface area contributed by atoms with Gasteiger partial charge >= 0.3 is 12.1 Å². The van der Waals surface area contributed by atoms with Crippen molar-refractivity contribution in [1.82, 2.24) is 5.32 Å². The smallest absolute Gasteiger partial charge is 0.411 e. The van der Waals surface area contributed by atoms with E-state index in [1.54, 1.807) is 6.07 Å². The Bertz CT molecular complexity index is 745. The number of hydrogen-bond acceptors (Lipinski definition) is 5. The molecule has 2 rings (SSSR count). The fraction of sp³-hybridized carbons (Fsp3) is 0.214. The Morgan fingerprint density at radius 1 is 1.35 bits per heavy atom. The first-order valence-corrected chi connectivity index (χ1v) is 7.03. The van der Waals surface area contributed by atoms with E-state index in [0.717, 1.165) is 6.92 Å². The third kappa shape index (κ3) is 3.11. The van der Waals surface area contributed by atoms with Crippen LogP contribution in [0.4, 0.5) is 4.79 Å². The molecule has 0 fully saturated rings. The molecule has 7 nitrogen and oxygen atoms in total. The van der Waals surface area contributed by atoms with E-state index in [1.165, 1.54) is 19.1 Å². The summed E-state index contributed by atoms with van der Waals surface area (Å²) in [5, 5.41) is 11.0. The zero-order valence-corrected chi connectivity index (χ0v) is 13.5. The molecule has 0 aliphatic carbocycles. The number of rotatable bonds is 3. The van der Waals surface area contributed by atoms with Gasteiger partial charge in [-0.2, -0.15) is 0 Å². The molecular weight excluding hydrogens is 349 g/mol. The number of Topliss-reactive ketones (excluding diaryl/α,β-unsaturated/α-hetero) is 1. The van der Waals surface area contributed by atoms with Crippen LogP contribution in [0.3, 0.4) is 0 Å². The Balaban J connectivity index is 2.51. The van der Waals surface area contributed by atoms with Crippen LogP contribution in [0.1, 0.15) is 19.4 Å². The van der Waals surface area contributed by atoms with Crippen LogP contribution in [0.15, 0.2) is 29.8 Å². The van der Waals surface area contributed by atoms with E-state index in [0.29, 0.717) is 0 Å². The molecule has 0 aromatic heterocycles. The third-order valence-corrected chi connectivity index (χ3v) is 3.90. The van der Waals surface area contributed by atoms with Gasteiger partial charge in [-0.3, -0.25) is 14.9 Å². The Kier molecular flexibility index (Phi) is 4.53. The van der Waals surface area contributed by atoms with Crippen molar-refractivity contribution in [1.29, 1.82) is 0 Å². The van der Waals surface area contributed by atoms with Crippen molar-refractivity contribution in [3.8, 4) is 0 Å². The van der Waals surface area contributed by atoms with Crippen molar-refractivity contribution >= 4 is 41.0 Å². The van der Waals surface area contributed by atoms with Gasteiger partial charge in [-0.25, -0.2) is 4.79 Å². The maximum atomic E-state index is 12.6. The van der Waals surface area contributed by atoms with Crippen molar-refractivity contribution in [3.63, 3.8) is 0 Å². The predicted molar refractivity (Wildman–Crippen MR) is 79.9 cm³/mol. The number of esters is 1. The molecule has 1 unspecified atom stereocenters. The molecule has 0 radical (unpaired) electrons. The minimum Gasteiger partial charge on any atom is -0.465 e. The molecule has 1 aliphatic rings. The van der Waals surface area contributed by atoms with Gasteiger partial charge in [0.25, 0.3) is 5.78 Å². The lowest BCUT2D eigenvalue weighted by molar-refractivity contribution is -0.142. The van der Waals surface area contributed by atoms with Crippen molar-refractivity contribution in [2.75, 3.05) is 0 Å². The molecule has 1 aromatic rings. The number of ether oxygens (including phenoxy) is 2. The molecular formula is C14H11Cl2NO6. The first kappa shape index (κ1) is 17.1. The average Bonchev–Trinajstić information content (AvgIpc) is 2.66. The second-order valence-corrected chi connectivity index (χ2v) is 5.53. The Morgan fingerprint density at radius 3 is 2.57 bits per heavy atom. The van der Waals surface area contributed by atoms with Gasteiger partial charge in [0.15, 0.2) is 0 Å². The van der Waals surface area contributed by atoms with Crippen LogP contribution >= 0.6 is 23.2 Å². The van der Waals surface area contributed by atoms with E-state index in [9.17, 15) is 14.4 Å². The fourth-order valence-electron chi connectivity index (χ4n) is 2.08. The van der Waals surface area contributed by atoms with Gasteiger partial charge in [-0.05, 0) is 13.0 Å². The number of carboxylic acid groups (broad SMARTS) is 1. The summed E-state index contributed by atoms with van der Waals surface area (Å²) in [6.07, 6.45) is -1.49. The highest BCUT2D eigenvalue weighted by atomic mass is 35.5. The standard InChI is InChI=1S/C14H11Cl2NO6/c1-6(18)22-10-11(19)14(2,23-12(10)17-13(20)21)7-4-3-5-8(15)9(7)16/h3-5,17H,1-2H3,(H,20,21). The van der Waals surface area contributed by atoms with Gasteiger partial charge < -0.3 is 14.6 Å². The number of carbonyl (C=O) groups is 3. The minimum absolute atomic E-state index is 0.0729. The zero-order valence-electron chi connectivity index (χ0n) is 12.0. The van der Waals surface area contributed by atoms with Gasteiger partial charge in [-0.1, -0.05) is 35.3 Å². The normalized spacial score (nSPS) is 20.3. The van der Waals surface area contributed by atoms with Crippen LogP contribution in [0.2, 0.25) is 10.0 Å². The van der Waals surface area contributed by atoms with E-state index in [1.807, 2.05) is 5.32 Å². The van der Waals surface area contributed by atoms with Gasteiger partial charge in [0.05, 0.1) is 10.0 Å². The van der Waals surface area contributed by atoms with Crippen LogP contribution in [0.25, 0.3) is 0 Å². The number of hydrogen-bond donors (Lipinski definition) is 2. The monoisotopic (exact) mass is 359 g/mol. The van der Waals surface area contributed by atoms with E-state index in [4.69, 9.17) is 37.8 Å². The molecule has 122 valence electrons. The molecule has 0 bridgehead atoms. The van der Waals surface area contributed by atoms with Crippen molar-refractivity contribution in [2.24, 2.45) is 0 Å². The lowest BCUT2D eigenvalue weighted by atomic mass is 9.91. The van der Waals surface area contributed by atoms with Gasteiger partial charge in [0, 0.05) is 12.5 Å². The Morgan fingerprint density at radius 2 is 2.00 bits per heavy atom. The Hall–Kier alpha value is -2.25. The van der Waals surface area contributed by atoms with E-state index in [2.05, 4.69) is 0 Å². The molecule has 0 saturated carbocycles. The number of ketones is 1. The van der Waals surface area contributed by atoms with Crippen molar-refractivity contribution < 1.29 is 29.0 Å². The number of amides is 1. The topological polar surface area (TPSA) is 102 Å². The first-order valence-electron chi connectivity index (χ1n) is 6.27. The largest absolute Gasteiger partial charge is 0.465 e. The summed E-state index contributed by atoms with van der Waals surface area (Å²) in [6, 6.07) is 4.58. The number of benzene rings is 1. The van der Waals surface area contributed by atoms with Crippen molar-refractivity contribution in [3.05, 3.63) is 45.5 Å². The van der Waals surface area contributed by atoms with Gasteiger partial charge in [-0.15, -0.1) is 0 Å². The first-order chi connectivity index (χ1) is 10.7. The maximum absolute atomic E-state index is 12.6. The quantitative estimate of drug-likeness (QED) is 0.804. The molecule has 0 saturated heterocycles. The number of carbonyl (C=O) groups excluding carboxylic acids is 2. The maximum Gasteiger partial charge on any atom is 0.411 e. The molecule has 0 spiro atoms. The molecule has 23 heavy (non-hydrogen) atoms. The molecule has 2 N–H and O–H groups in total. The Labute approximate surface area is 140 Å². The van der Waals surface area contributed by atoms with Crippen molar-refractivity contribution in [2.45, 2.75) is 19.4 Å². The van der Waals surface area contributed by atoms with Crippen LogP contribution < -0.4 is 5.32 Å². The lowest BCUT2D eigenvalue weighted by Gasteiger charge is -2.24. The zero-order chi connectivity index (χ0) is 17.4. The van der Waals surface area contributed by atoms with Gasteiger partial charge in [0.1, 0.15) is 0 Å². The number of halogens is 2. The second-order valence-electron chi connectivity index (χ2n) is 4.75. The minimum atomic E-state index is -1.69. The van der Waals surface area contributed by atoms with Crippen LogP contribution in [-0.2, 0) is 24.7 Å². The van der Waals surface area contributed by atoms with Gasteiger partial charge in [0.2, 0.25) is 17.2 Å². The molecule has 9 heteroatoms. The molecule has 1 atom stereocenters. The summed E-state index contributed by atoms with van der Waals surface area (Å²) in [4.78, 5) is 34.6. The SMILES string of the molecule is CC(=O)OC1=C(NC(=O)O)OC(C)(c2cccc(Cl)c2Cl)C1=O. The third-order valence-electron chi connectivity index (χ3n) is 3.08. The predicted octanol–water partition coefficient (Wildman–Crippen LogP) is 2.81. The highest BCUT2D eigenvalue weighted by Gasteiger charge is 2.51. The number of nitrogens with one attached hydrogen (secondary N) is 1. The highest BCUT2D eigenvalue weighted by Crippen LogP contribution is 2.42. The van der Waals surface area contributed by atoms with Crippen LogP contribution in [0.5, 0.6) is 0 Å². The van der Waals surface area contributed by atoms with E-state index < -0.39 is 35.1 Å². The molecule has 1 amide bonds. The summed E-state index contributed by atoms with van der Waals surface area (Å²) in [5.41, 5.74) is -1.48.